The number of sulfonamides is 1. The first-order valence-corrected chi connectivity index (χ1v) is 12.3. The normalized spacial score (nSPS) is 12.3. The van der Waals surface area contributed by atoms with E-state index in [-0.39, 0.29) is 4.90 Å². The van der Waals surface area contributed by atoms with Gasteiger partial charge in [0.15, 0.2) is 0 Å². The van der Waals surface area contributed by atoms with Crippen LogP contribution in [-0.4, -0.2) is 24.1 Å². The van der Waals surface area contributed by atoms with Gasteiger partial charge in [-0.3, -0.25) is 0 Å². The largest absolute Gasteiger partial charge is 0.241 e. The lowest BCUT2D eigenvalue weighted by Crippen LogP contribution is -2.29. The van der Waals surface area contributed by atoms with E-state index in [1.165, 1.54) is 11.8 Å². The summed E-state index contributed by atoms with van der Waals surface area (Å²) in [6.45, 7) is 5.50. The SMILES string of the molecule is Cc1ccc(S(=O)(=O)NC(CCSc2nc(C)nc(C)c2C#N)c2ccccc2)cc1. The molecule has 3 rings (SSSR count). The van der Waals surface area contributed by atoms with Crippen molar-refractivity contribution in [2.24, 2.45) is 0 Å². The highest BCUT2D eigenvalue weighted by Crippen LogP contribution is 2.27. The van der Waals surface area contributed by atoms with Gasteiger partial charge in [-0.2, -0.15) is 5.26 Å². The molecule has 0 aliphatic carbocycles. The molecule has 0 spiro atoms. The van der Waals surface area contributed by atoms with Gasteiger partial charge in [0.05, 0.1) is 10.6 Å². The van der Waals surface area contributed by atoms with Gasteiger partial charge in [0.2, 0.25) is 10.0 Å². The number of nitrogens with one attached hydrogen (secondary N) is 1. The van der Waals surface area contributed by atoms with Crippen molar-refractivity contribution in [3.8, 4) is 6.07 Å². The van der Waals surface area contributed by atoms with Crippen LogP contribution < -0.4 is 4.72 Å². The number of nitriles is 1. The van der Waals surface area contributed by atoms with E-state index in [0.717, 1.165) is 11.1 Å². The van der Waals surface area contributed by atoms with Crippen LogP contribution in [0.2, 0.25) is 0 Å². The van der Waals surface area contributed by atoms with Gasteiger partial charge in [0.25, 0.3) is 0 Å². The van der Waals surface area contributed by atoms with Gasteiger partial charge in [-0.15, -0.1) is 11.8 Å². The number of thioether (sulfide) groups is 1. The van der Waals surface area contributed by atoms with Crippen LogP contribution in [-0.2, 0) is 10.0 Å². The molecule has 6 nitrogen and oxygen atoms in total. The summed E-state index contributed by atoms with van der Waals surface area (Å²) >= 11 is 1.44. The fraction of sp³-hybridized carbons (Fsp3) is 0.261. The standard InChI is InChI=1S/C23H24N4O2S2/c1-16-9-11-20(12-10-16)31(28,29)27-22(19-7-5-4-6-8-19)13-14-30-23-21(15-24)17(2)25-18(3)26-23/h4-12,22,27H,13-14H2,1-3H3. The van der Waals surface area contributed by atoms with Gasteiger partial charge in [-0.05, 0) is 44.9 Å². The monoisotopic (exact) mass is 452 g/mol. The van der Waals surface area contributed by atoms with Crippen LogP contribution in [0.25, 0.3) is 0 Å². The first kappa shape index (κ1) is 22.9. The second-order valence-corrected chi connectivity index (χ2v) is 9.98. The molecule has 3 aromatic rings. The minimum absolute atomic E-state index is 0.237. The van der Waals surface area contributed by atoms with Gasteiger partial charge in [0.1, 0.15) is 22.5 Å². The van der Waals surface area contributed by atoms with Crippen molar-refractivity contribution in [2.75, 3.05) is 5.75 Å². The van der Waals surface area contributed by atoms with Gasteiger partial charge in [-0.1, -0.05) is 48.0 Å². The van der Waals surface area contributed by atoms with Crippen molar-refractivity contribution in [1.29, 1.82) is 5.26 Å². The molecule has 1 atom stereocenters. The Hall–Kier alpha value is -2.73. The molecule has 31 heavy (non-hydrogen) atoms. The van der Waals surface area contributed by atoms with Crippen LogP contribution in [0, 0.1) is 32.1 Å². The second-order valence-electron chi connectivity index (χ2n) is 7.18. The molecule has 1 aromatic heterocycles. The topological polar surface area (TPSA) is 95.7 Å². The Morgan fingerprint density at radius 1 is 1.03 bits per heavy atom. The quantitative estimate of drug-likeness (QED) is 0.400. The van der Waals surface area contributed by atoms with E-state index in [0.29, 0.717) is 34.3 Å². The molecule has 0 radical (unpaired) electrons. The number of benzene rings is 2. The summed E-state index contributed by atoms with van der Waals surface area (Å²) < 4.78 is 28.8. The molecule has 0 fully saturated rings. The molecule has 0 saturated heterocycles. The van der Waals surface area contributed by atoms with E-state index >= 15 is 0 Å². The summed E-state index contributed by atoms with van der Waals surface area (Å²) in [7, 11) is -3.68. The number of hydrogen-bond donors (Lipinski definition) is 1. The maximum Gasteiger partial charge on any atom is 0.241 e. The Kier molecular flexibility index (Phi) is 7.44. The summed E-state index contributed by atoms with van der Waals surface area (Å²) in [5.74, 6) is 1.19. The average molecular weight is 453 g/mol. The van der Waals surface area contributed by atoms with Crippen molar-refractivity contribution in [2.45, 2.75) is 43.2 Å². The summed E-state index contributed by atoms with van der Waals surface area (Å²) in [6, 6.07) is 18.0. The van der Waals surface area contributed by atoms with E-state index < -0.39 is 16.1 Å². The average Bonchev–Trinajstić information content (AvgIpc) is 2.73. The molecule has 1 unspecified atom stereocenters. The van der Waals surface area contributed by atoms with Crippen LogP contribution in [0.4, 0.5) is 0 Å². The van der Waals surface area contributed by atoms with Crippen LogP contribution in [0.1, 0.15) is 40.7 Å². The van der Waals surface area contributed by atoms with Gasteiger partial charge < -0.3 is 0 Å². The van der Waals surface area contributed by atoms with E-state index in [9.17, 15) is 13.7 Å². The summed E-state index contributed by atoms with van der Waals surface area (Å²) in [5, 5.41) is 10.1. The zero-order valence-electron chi connectivity index (χ0n) is 17.7. The van der Waals surface area contributed by atoms with Crippen LogP contribution >= 0.6 is 11.8 Å². The van der Waals surface area contributed by atoms with Gasteiger partial charge in [0, 0.05) is 11.8 Å². The molecule has 1 heterocycles. The predicted octanol–water partition coefficient (Wildman–Crippen LogP) is 4.48. The summed E-state index contributed by atoms with van der Waals surface area (Å²) in [5.41, 5.74) is 3.00. The van der Waals surface area contributed by atoms with Crippen LogP contribution in [0.3, 0.4) is 0 Å². The zero-order chi connectivity index (χ0) is 22.4. The lowest BCUT2D eigenvalue weighted by Gasteiger charge is -2.19. The van der Waals surface area contributed by atoms with Crippen LogP contribution in [0.5, 0.6) is 0 Å². The molecule has 0 aliphatic rings. The number of hydrogen-bond acceptors (Lipinski definition) is 6. The highest BCUT2D eigenvalue weighted by atomic mass is 32.2. The molecule has 160 valence electrons. The second kappa shape index (κ2) is 10.1. The van der Waals surface area contributed by atoms with Crippen molar-refractivity contribution in [3.05, 3.63) is 82.8 Å². The highest BCUT2D eigenvalue weighted by molar-refractivity contribution is 7.99. The van der Waals surface area contributed by atoms with E-state index in [2.05, 4.69) is 20.8 Å². The number of nitrogens with zero attached hydrogens (tertiary/aromatic N) is 3. The summed E-state index contributed by atoms with van der Waals surface area (Å²) in [4.78, 5) is 8.88. The third-order valence-corrected chi connectivity index (χ3v) is 7.25. The molecule has 0 aliphatic heterocycles. The minimum atomic E-state index is -3.68. The predicted molar refractivity (Wildman–Crippen MR) is 122 cm³/mol. The Labute approximate surface area is 187 Å². The maximum absolute atomic E-state index is 13.0. The Balaban J connectivity index is 1.80. The lowest BCUT2D eigenvalue weighted by molar-refractivity contribution is 0.551. The van der Waals surface area contributed by atoms with Crippen molar-refractivity contribution in [1.82, 2.24) is 14.7 Å². The zero-order valence-corrected chi connectivity index (χ0v) is 19.3. The van der Waals surface area contributed by atoms with Crippen molar-refractivity contribution >= 4 is 21.8 Å². The molecule has 0 saturated carbocycles. The van der Waals surface area contributed by atoms with E-state index in [4.69, 9.17) is 0 Å². The molecule has 2 aromatic carbocycles. The van der Waals surface area contributed by atoms with E-state index in [1.54, 1.807) is 38.1 Å². The lowest BCUT2D eigenvalue weighted by atomic mass is 10.1. The molecule has 0 bridgehead atoms. The molecular formula is C23H24N4O2S2. The fourth-order valence-corrected chi connectivity index (χ4v) is 5.48. The van der Waals surface area contributed by atoms with Crippen molar-refractivity contribution < 1.29 is 8.42 Å². The van der Waals surface area contributed by atoms with Gasteiger partial charge >= 0.3 is 0 Å². The maximum atomic E-state index is 13.0. The first-order valence-electron chi connectivity index (χ1n) is 9.82. The number of rotatable bonds is 8. The third-order valence-electron chi connectivity index (χ3n) is 4.76. The summed E-state index contributed by atoms with van der Waals surface area (Å²) in [6.07, 6.45) is 0.534. The fourth-order valence-electron chi connectivity index (χ4n) is 3.14. The molecular weight excluding hydrogens is 428 g/mol. The highest BCUT2D eigenvalue weighted by Gasteiger charge is 2.22. The van der Waals surface area contributed by atoms with E-state index in [1.807, 2.05) is 37.3 Å². The first-order chi connectivity index (χ1) is 14.8. The number of aryl methyl sites for hydroxylation is 3. The van der Waals surface area contributed by atoms with Crippen molar-refractivity contribution in [3.63, 3.8) is 0 Å². The smallest absolute Gasteiger partial charge is 0.237 e. The minimum Gasteiger partial charge on any atom is -0.237 e. The van der Waals surface area contributed by atoms with Gasteiger partial charge in [-0.25, -0.2) is 23.1 Å². The third kappa shape index (κ3) is 5.91. The molecule has 1 N–H and O–H groups in total. The molecule has 8 heteroatoms. The Morgan fingerprint density at radius 3 is 2.35 bits per heavy atom. The number of aromatic nitrogens is 2. The van der Waals surface area contributed by atoms with Crippen LogP contribution in [0.15, 0.2) is 64.5 Å². The Bertz CT molecular complexity index is 1190. The Morgan fingerprint density at radius 2 is 1.71 bits per heavy atom. The molecule has 0 amide bonds.